The number of nitrogens with one attached hydrogen (secondary N) is 2. The van der Waals surface area contributed by atoms with Gasteiger partial charge < -0.3 is 21.1 Å². The maximum atomic E-state index is 11.8. The predicted octanol–water partition coefficient (Wildman–Crippen LogP) is -0.476. The molecule has 1 amide bonds. The monoisotopic (exact) mass is 257 g/mol. The van der Waals surface area contributed by atoms with Crippen LogP contribution < -0.4 is 16.4 Å². The van der Waals surface area contributed by atoms with Crippen LogP contribution in [0.25, 0.3) is 0 Å². The molecule has 0 bridgehead atoms. The minimum atomic E-state index is -0.400. The number of esters is 1. The summed E-state index contributed by atoms with van der Waals surface area (Å²) < 4.78 is 5.02. The molecule has 0 aromatic carbocycles. The minimum absolute atomic E-state index is 0.247. The van der Waals surface area contributed by atoms with E-state index in [1.54, 1.807) is 14.0 Å². The molecule has 1 aliphatic carbocycles. The lowest BCUT2D eigenvalue weighted by molar-refractivity contribution is -0.146. The van der Waals surface area contributed by atoms with Crippen molar-refractivity contribution in [1.82, 2.24) is 10.6 Å². The van der Waals surface area contributed by atoms with Crippen LogP contribution in [0.4, 0.5) is 0 Å². The molecule has 1 saturated carbocycles. The van der Waals surface area contributed by atoms with E-state index in [2.05, 4.69) is 10.6 Å². The molecule has 104 valence electrons. The van der Waals surface area contributed by atoms with Crippen LogP contribution in [0.3, 0.4) is 0 Å². The molecule has 0 saturated heterocycles. The van der Waals surface area contributed by atoms with Crippen LogP contribution in [-0.2, 0) is 14.3 Å². The maximum absolute atomic E-state index is 11.8. The van der Waals surface area contributed by atoms with Crippen molar-refractivity contribution in [1.29, 1.82) is 0 Å². The molecule has 0 aromatic rings. The third kappa shape index (κ3) is 5.01. The number of primary amides is 1. The molecule has 0 heterocycles. The van der Waals surface area contributed by atoms with Crippen molar-refractivity contribution in [3.8, 4) is 0 Å². The van der Waals surface area contributed by atoms with Gasteiger partial charge in [-0.1, -0.05) is 0 Å². The Hall–Kier alpha value is -1.14. The Morgan fingerprint density at radius 3 is 2.39 bits per heavy atom. The van der Waals surface area contributed by atoms with Gasteiger partial charge in [0, 0.05) is 6.04 Å². The number of ether oxygens (including phenoxy) is 1. The highest BCUT2D eigenvalue weighted by molar-refractivity contribution is 5.80. The summed E-state index contributed by atoms with van der Waals surface area (Å²) in [5, 5.41) is 6.08. The highest BCUT2D eigenvalue weighted by Crippen LogP contribution is 2.20. The molecule has 0 spiro atoms. The molecular weight excluding hydrogens is 234 g/mol. The fraction of sp³-hybridized carbons (Fsp3) is 0.833. The number of hydrogen-bond donors (Lipinski definition) is 3. The predicted molar refractivity (Wildman–Crippen MR) is 67.9 cm³/mol. The second-order valence-corrected chi connectivity index (χ2v) is 4.57. The summed E-state index contributed by atoms with van der Waals surface area (Å²) in [5.41, 5.74) is 5.24. The summed E-state index contributed by atoms with van der Waals surface area (Å²) >= 11 is 0. The fourth-order valence-electron chi connectivity index (χ4n) is 1.81. The zero-order valence-corrected chi connectivity index (χ0v) is 11.1. The molecule has 0 aromatic heterocycles. The third-order valence-corrected chi connectivity index (χ3v) is 3.02. The summed E-state index contributed by atoms with van der Waals surface area (Å²) in [6, 6.07) is -0.323. The molecule has 0 aliphatic heterocycles. The summed E-state index contributed by atoms with van der Waals surface area (Å²) in [6.07, 6.45) is 3.27. The molecular formula is C12H23N3O3. The Morgan fingerprint density at radius 1 is 1.33 bits per heavy atom. The van der Waals surface area contributed by atoms with E-state index in [-0.39, 0.29) is 12.0 Å². The van der Waals surface area contributed by atoms with Crippen molar-refractivity contribution in [2.24, 2.45) is 5.73 Å². The second kappa shape index (κ2) is 7.33. The first-order chi connectivity index (χ1) is 8.58. The number of rotatable bonds is 9. The molecule has 2 atom stereocenters. The van der Waals surface area contributed by atoms with Crippen molar-refractivity contribution in [2.45, 2.75) is 50.7 Å². The largest absolute Gasteiger partial charge is 0.465 e. The van der Waals surface area contributed by atoms with E-state index in [9.17, 15) is 9.59 Å². The lowest BCUT2D eigenvalue weighted by atomic mass is 10.1. The highest BCUT2D eigenvalue weighted by Gasteiger charge is 2.29. The van der Waals surface area contributed by atoms with E-state index >= 15 is 0 Å². The van der Waals surface area contributed by atoms with E-state index in [0.29, 0.717) is 25.5 Å². The van der Waals surface area contributed by atoms with Gasteiger partial charge in [-0.2, -0.15) is 0 Å². The van der Waals surface area contributed by atoms with Crippen LogP contribution in [0, 0.1) is 0 Å². The van der Waals surface area contributed by atoms with Crippen LogP contribution >= 0.6 is 0 Å². The molecule has 18 heavy (non-hydrogen) atoms. The van der Waals surface area contributed by atoms with Crippen molar-refractivity contribution in [3.05, 3.63) is 0 Å². The van der Waals surface area contributed by atoms with Gasteiger partial charge in [-0.25, -0.2) is 0 Å². The zero-order valence-electron chi connectivity index (χ0n) is 11.1. The first-order valence-electron chi connectivity index (χ1n) is 6.47. The Labute approximate surface area is 108 Å². The van der Waals surface area contributed by atoms with Crippen LogP contribution in [0.1, 0.15) is 32.6 Å². The van der Waals surface area contributed by atoms with Crippen molar-refractivity contribution < 1.29 is 14.3 Å². The summed E-state index contributed by atoms with van der Waals surface area (Å²) in [5.74, 6) is -0.643. The van der Waals surface area contributed by atoms with E-state index in [4.69, 9.17) is 10.5 Å². The van der Waals surface area contributed by atoms with Crippen molar-refractivity contribution in [3.63, 3.8) is 0 Å². The Morgan fingerprint density at radius 2 is 1.94 bits per heavy atom. The molecule has 2 unspecified atom stereocenters. The molecule has 1 rings (SSSR count). The molecule has 1 fully saturated rings. The van der Waals surface area contributed by atoms with Gasteiger partial charge in [-0.15, -0.1) is 0 Å². The normalized spacial score (nSPS) is 18.1. The third-order valence-electron chi connectivity index (χ3n) is 3.02. The number of carbonyl (C=O) groups is 2. The van der Waals surface area contributed by atoms with Crippen LogP contribution in [0.5, 0.6) is 0 Å². The molecule has 0 radical (unpaired) electrons. The summed E-state index contributed by atoms with van der Waals surface area (Å²) in [4.78, 5) is 22.9. The Balaban J connectivity index is 2.43. The summed E-state index contributed by atoms with van der Waals surface area (Å²) in [6.45, 7) is 2.15. The smallest absolute Gasteiger partial charge is 0.323 e. The van der Waals surface area contributed by atoms with Crippen LogP contribution in [0.15, 0.2) is 0 Å². The van der Waals surface area contributed by atoms with Crippen molar-refractivity contribution in [2.75, 3.05) is 13.7 Å². The van der Waals surface area contributed by atoms with E-state index in [1.165, 1.54) is 0 Å². The zero-order chi connectivity index (χ0) is 13.5. The van der Waals surface area contributed by atoms with E-state index < -0.39 is 11.9 Å². The first-order valence-corrected chi connectivity index (χ1v) is 6.47. The van der Waals surface area contributed by atoms with Gasteiger partial charge in [0.25, 0.3) is 0 Å². The number of nitrogens with two attached hydrogens (primary N) is 1. The number of amides is 1. The molecule has 4 N–H and O–H groups in total. The maximum Gasteiger partial charge on any atom is 0.323 e. The van der Waals surface area contributed by atoms with Gasteiger partial charge in [-0.3, -0.25) is 9.59 Å². The molecule has 1 aliphatic rings. The molecule has 6 nitrogen and oxygen atoms in total. The van der Waals surface area contributed by atoms with Gasteiger partial charge in [-0.05, 0) is 39.7 Å². The number of likely N-dealkylation sites (N-methyl/N-ethyl adjacent to an activating group) is 1. The lowest BCUT2D eigenvalue weighted by Crippen LogP contribution is -2.44. The van der Waals surface area contributed by atoms with E-state index in [0.717, 1.165) is 12.8 Å². The molecule has 6 heteroatoms. The van der Waals surface area contributed by atoms with Crippen molar-refractivity contribution >= 4 is 11.9 Å². The van der Waals surface area contributed by atoms with Crippen LogP contribution in [-0.4, -0.2) is 43.7 Å². The number of hydrogen-bond acceptors (Lipinski definition) is 5. The van der Waals surface area contributed by atoms with Gasteiger partial charge in [0.05, 0.1) is 12.6 Å². The van der Waals surface area contributed by atoms with Crippen LogP contribution in [0.2, 0.25) is 0 Å². The van der Waals surface area contributed by atoms with Gasteiger partial charge in [0.15, 0.2) is 0 Å². The van der Waals surface area contributed by atoms with E-state index in [1.807, 2.05) is 0 Å². The number of carbonyl (C=O) groups excluding carboxylic acids is 2. The van der Waals surface area contributed by atoms with Gasteiger partial charge in [0.1, 0.15) is 6.04 Å². The fourth-order valence-corrected chi connectivity index (χ4v) is 1.81. The lowest BCUT2D eigenvalue weighted by Gasteiger charge is -2.19. The average Bonchev–Trinajstić information content (AvgIpc) is 3.12. The topological polar surface area (TPSA) is 93.4 Å². The quantitative estimate of drug-likeness (QED) is 0.485. The Kier molecular flexibility index (Phi) is 6.07. The summed E-state index contributed by atoms with van der Waals surface area (Å²) in [7, 11) is 1.68. The average molecular weight is 257 g/mol. The Bertz CT molecular complexity index is 292. The van der Waals surface area contributed by atoms with Gasteiger partial charge in [0.2, 0.25) is 5.91 Å². The first kappa shape index (κ1) is 14.9. The SMILES string of the molecule is CCOC(=O)C(CCC(NC)C(N)=O)NC1CC1. The minimum Gasteiger partial charge on any atom is -0.465 e. The van der Waals surface area contributed by atoms with Gasteiger partial charge >= 0.3 is 5.97 Å². The second-order valence-electron chi connectivity index (χ2n) is 4.57. The highest BCUT2D eigenvalue weighted by atomic mass is 16.5. The standard InChI is InChI=1S/C12H23N3O3/c1-3-18-12(17)10(15-8-4-5-8)7-6-9(14-2)11(13)16/h8-10,14-15H,3-7H2,1-2H3,(H2,13,16).